The van der Waals surface area contributed by atoms with E-state index in [1.54, 1.807) is 0 Å². The van der Waals surface area contributed by atoms with E-state index in [-0.39, 0.29) is 27.2 Å². The second kappa shape index (κ2) is 6.89. The molecule has 0 aliphatic rings. The van der Waals surface area contributed by atoms with Crippen LogP contribution in [-0.4, -0.2) is 19.7 Å². The summed E-state index contributed by atoms with van der Waals surface area (Å²) in [6, 6.07) is 11.8. The summed E-state index contributed by atoms with van der Waals surface area (Å²) in [7, 11) is -3.41. The Kier molecular flexibility index (Phi) is 4.50. The molecule has 2 aromatic heterocycles. The molecule has 5 nitrogen and oxygen atoms in total. The second-order valence-corrected chi connectivity index (χ2v) is 8.46. The number of hydrogen-bond donors (Lipinski definition) is 0. The van der Waals surface area contributed by atoms with Crippen LogP contribution in [0, 0.1) is 11.8 Å². The molecule has 0 radical (unpaired) electrons. The monoisotopic (exact) mass is 413 g/mol. The van der Waals surface area contributed by atoms with Crippen LogP contribution in [-0.2, 0) is 9.84 Å². The van der Waals surface area contributed by atoms with Gasteiger partial charge < -0.3 is 4.42 Å². The van der Waals surface area contributed by atoms with E-state index in [4.69, 9.17) is 4.42 Å². The lowest BCUT2D eigenvalue weighted by Gasteiger charge is -2.11. The zero-order valence-electron chi connectivity index (χ0n) is 15.0. The van der Waals surface area contributed by atoms with Gasteiger partial charge in [0, 0.05) is 29.6 Å². The average Bonchev–Trinajstić information content (AvgIpc) is 2.68. The van der Waals surface area contributed by atoms with E-state index in [1.165, 1.54) is 42.6 Å². The number of pyridine rings is 1. The van der Waals surface area contributed by atoms with Gasteiger partial charge in [-0.3, -0.25) is 4.79 Å². The predicted octanol–water partition coefficient (Wildman–Crippen LogP) is 4.20. The van der Waals surface area contributed by atoms with Crippen molar-refractivity contribution in [3.05, 3.63) is 82.8 Å². The zero-order valence-corrected chi connectivity index (χ0v) is 15.8. The van der Waals surface area contributed by atoms with Gasteiger partial charge in [-0.1, -0.05) is 0 Å². The van der Waals surface area contributed by atoms with E-state index >= 15 is 0 Å². The number of fused-ring (bicyclic) bond motifs is 1. The summed E-state index contributed by atoms with van der Waals surface area (Å²) < 4.78 is 56.2. The van der Waals surface area contributed by atoms with Crippen molar-refractivity contribution in [2.75, 3.05) is 6.26 Å². The first kappa shape index (κ1) is 18.9. The van der Waals surface area contributed by atoms with Gasteiger partial charge in [-0.2, -0.15) is 4.39 Å². The molecular formula is C21H13F2NO4S. The van der Waals surface area contributed by atoms with Crippen molar-refractivity contribution in [2.45, 2.75) is 4.90 Å². The van der Waals surface area contributed by atoms with Crippen LogP contribution in [0.2, 0.25) is 0 Å². The third kappa shape index (κ3) is 3.54. The second-order valence-electron chi connectivity index (χ2n) is 6.44. The highest BCUT2D eigenvalue weighted by Gasteiger charge is 2.19. The summed E-state index contributed by atoms with van der Waals surface area (Å²) >= 11 is 0. The fraction of sp³-hybridized carbons (Fsp3) is 0.0476. The number of hydrogen-bond acceptors (Lipinski definition) is 5. The molecule has 0 N–H and O–H groups in total. The first-order valence-corrected chi connectivity index (χ1v) is 10.3. The summed E-state index contributed by atoms with van der Waals surface area (Å²) in [5.41, 5.74) is 0.426. The molecule has 8 heteroatoms. The topological polar surface area (TPSA) is 77.2 Å². The Morgan fingerprint density at radius 3 is 2.24 bits per heavy atom. The first-order valence-electron chi connectivity index (χ1n) is 8.43. The van der Waals surface area contributed by atoms with Gasteiger partial charge in [-0.05, 0) is 48.5 Å². The van der Waals surface area contributed by atoms with E-state index < -0.39 is 27.0 Å². The van der Waals surface area contributed by atoms with Crippen LogP contribution in [0.15, 0.2) is 74.9 Å². The highest BCUT2D eigenvalue weighted by atomic mass is 32.2. The third-order valence-electron chi connectivity index (χ3n) is 4.42. The van der Waals surface area contributed by atoms with Gasteiger partial charge in [0.15, 0.2) is 9.84 Å². The SMILES string of the molecule is CS(=O)(=O)c1ccc(-c2oc3cc(F)ccc3c(=O)c2-c2ccc(F)nc2)cc1. The lowest BCUT2D eigenvalue weighted by molar-refractivity contribution is 0.583. The lowest BCUT2D eigenvalue weighted by Crippen LogP contribution is -2.08. The standard InChI is InChI=1S/C21H13F2NO4S/c1-29(26,27)15-6-2-12(3-7-15)21-19(13-4-9-18(23)24-11-13)20(25)16-8-5-14(22)10-17(16)28-21/h2-11H,1H3. The molecule has 0 atom stereocenters. The Balaban J connectivity index is 2.04. The van der Waals surface area contributed by atoms with Gasteiger partial charge in [0.25, 0.3) is 0 Å². The number of sulfone groups is 1. The molecule has 0 unspecified atom stereocenters. The smallest absolute Gasteiger partial charge is 0.212 e. The normalized spacial score (nSPS) is 11.7. The van der Waals surface area contributed by atoms with E-state index in [1.807, 2.05) is 0 Å². The van der Waals surface area contributed by atoms with E-state index in [0.717, 1.165) is 24.5 Å². The molecule has 29 heavy (non-hydrogen) atoms. The molecule has 0 saturated carbocycles. The fourth-order valence-electron chi connectivity index (χ4n) is 3.01. The predicted molar refractivity (Wildman–Crippen MR) is 104 cm³/mol. The summed E-state index contributed by atoms with van der Waals surface area (Å²) in [4.78, 5) is 16.8. The number of halogens is 2. The maximum atomic E-state index is 13.7. The van der Waals surface area contributed by atoms with E-state index in [0.29, 0.717) is 11.1 Å². The van der Waals surface area contributed by atoms with Crippen LogP contribution >= 0.6 is 0 Å². The summed E-state index contributed by atoms with van der Waals surface area (Å²) in [6.45, 7) is 0. The average molecular weight is 413 g/mol. The molecular weight excluding hydrogens is 400 g/mol. The maximum absolute atomic E-state index is 13.7. The van der Waals surface area contributed by atoms with Gasteiger partial charge >= 0.3 is 0 Å². The Labute approximate surface area is 164 Å². The van der Waals surface area contributed by atoms with Crippen LogP contribution in [0.1, 0.15) is 0 Å². The van der Waals surface area contributed by atoms with Crippen LogP contribution < -0.4 is 5.43 Å². The van der Waals surface area contributed by atoms with E-state index in [2.05, 4.69) is 4.98 Å². The highest BCUT2D eigenvalue weighted by molar-refractivity contribution is 7.90. The van der Waals surface area contributed by atoms with E-state index in [9.17, 15) is 22.0 Å². The fourth-order valence-corrected chi connectivity index (χ4v) is 3.64. The number of benzene rings is 2. The van der Waals surface area contributed by atoms with Gasteiger partial charge in [0.1, 0.15) is 17.2 Å². The van der Waals surface area contributed by atoms with Gasteiger partial charge in [0.2, 0.25) is 11.4 Å². The molecule has 0 fully saturated rings. The van der Waals surface area contributed by atoms with Crippen LogP contribution in [0.5, 0.6) is 0 Å². The van der Waals surface area contributed by atoms with Crippen molar-refractivity contribution >= 4 is 20.8 Å². The molecule has 0 bridgehead atoms. The zero-order chi connectivity index (χ0) is 20.8. The quantitative estimate of drug-likeness (QED) is 0.471. The van der Waals surface area contributed by atoms with Crippen LogP contribution in [0.3, 0.4) is 0 Å². The molecule has 0 amide bonds. The molecule has 0 saturated heterocycles. The van der Waals surface area contributed by atoms with Crippen molar-refractivity contribution in [1.29, 1.82) is 0 Å². The number of rotatable bonds is 3. The van der Waals surface area contributed by atoms with Crippen LogP contribution in [0.25, 0.3) is 33.4 Å². The molecule has 4 rings (SSSR count). The molecule has 4 aromatic rings. The molecule has 146 valence electrons. The lowest BCUT2D eigenvalue weighted by atomic mass is 9.99. The number of aromatic nitrogens is 1. The summed E-state index contributed by atoms with van der Waals surface area (Å²) in [5, 5.41) is 0.155. The molecule has 2 heterocycles. The third-order valence-corrected chi connectivity index (χ3v) is 5.54. The Morgan fingerprint density at radius 2 is 1.62 bits per heavy atom. The minimum atomic E-state index is -3.41. The molecule has 2 aromatic carbocycles. The molecule has 0 spiro atoms. The highest BCUT2D eigenvalue weighted by Crippen LogP contribution is 2.33. The summed E-state index contributed by atoms with van der Waals surface area (Å²) in [6.07, 6.45) is 2.28. The Hall–Kier alpha value is -3.39. The Morgan fingerprint density at radius 1 is 0.931 bits per heavy atom. The molecule has 0 aliphatic carbocycles. The maximum Gasteiger partial charge on any atom is 0.212 e. The van der Waals surface area contributed by atoms with Crippen molar-refractivity contribution < 1.29 is 21.6 Å². The number of nitrogens with zero attached hydrogens (tertiary/aromatic N) is 1. The van der Waals surface area contributed by atoms with Crippen LogP contribution in [0.4, 0.5) is 8.78 Å². The van der Waals surface area contributed by atoms with Gasteiger partial charge in [0.05, 0.1) is 15.8 Å². The Bertz CT molecular complexity index is 1390. The van der Waals surface area contributed by atoms with Crippen molar-refractivity contribution in [1.82, 2.24) is 4.98 Å². The molecule has 0 aliphatic heterocycles. The summed E-state index contributed by atoms with van der Waals surface area (Å²) in [5.74, 6) is -1.18. The minimum absolute atomic E-state index is 0.0380. The largest absolute Gasteiger partial charge is 0.455 e. The van der Waals surface area contributed by atoms with Crippen molar-refractivity contribution in [3.63, 3.8) is 0 Å². The van der Waals surface area contributed by atoms with Gasteiger partial charge in [-0.15, -0.1) is 0 Å². The first-order chi connectivity index (χ1) is 13.7. The van der Waals surface area contributed by atoms with Crippen molar-refractivity contribution in [2.24, 2.45) is 0 Å². The minimum Gasteiger partial charge on any atom is -0.455 e. The van der Waals surface area contributed by atoms with Crippen molar-refractivity contribution in [3.8, 4) is 22.5 Å². The van der Waals surface area contributed by atoms with Gasteiger partial charge in [-0.25, -0.2) is 17.8 Å².